The molecule has 1 spiro atoms. The third-order valence-corrected chi connectivity index (χ3v) is 6.93. The molecule has 31 heavy (non-hydrogen) atoms. The fourth-order valence-electron chi connectivity index (χ4n) is 5.56. The Bertz CT molecular complexity index is 1020. The summed E-state index contributed by atoms with van der Waals surface area (Å²) in [6, 6.07) is 10.0. The number of hydrogen-bond acceptors (Lipinski definition) is 3. The van der Waals surface area contributed by atoms with Crippen LogP contribution in [0.2, 0.25) is 0 Å². The molecule has 4 atom stereocenters. The summed E-state index contributed by atoms with van der Waals surface area (Å²) in [7, 11) is 0. The first-order chi connectivity index (χ1) is 14.8. The smallest absolute Gasteiger partial charge is 0.407 e. The number of alkyl halides is 2. The molecule has 1 aliphatic heterocycles. The van der Waals surface area contributed by atoms with E-state index in [1.807, 2.05) is 30.4 Å². The van der Waals surface area contributed by atoms with Crippen molar-refractivity contribution in [3.8, 4) is 11.1 Å². The van der Waals surface area contributed by atoms with E-state index < -0.39 is 17.6 Å². The van der Waals surface area contributed by atoms with Gasteiger partial charge in [-0.2, -0.15) is 0 Å². The van der Waals surface area contributed by atoms with Crippen molar-refractivity contribution < 1.29 is 22.7 Å². The Labute approximate surface area is 178 Å². The van der Waals surface area contributed by atoms with Gasteiger partial charge in [0.15, 0.2) is 0 Å². The summed E-state index contributed by atoms with van der Waals surface area (Å²) in [6.07, 6.45) is 5.62. The normalized spacial score (nSPS) is 31.6. The van der Waals surface area contributed by atoms with Gasteiger partial charge in [-0.1, -0.05) is 24.3 Å². The molecule has 2 heterocycles. The Hall–Kier alpha value is -2.83. The lowest BCUT2D eigenvalue weighted by atomic mass is 9.75. The number of nitrogens with zero attached hydrogens (tertiary/aromatic N) is 1. The number of amides is 1. The summed E-state index contributed by atoms with van der Waals surface area (Å²) < 4.78 is 47.1. The first kappa shape index (κ1) is 20.1. The van der Waals surface area contributed by atoms with Crippen LogP contribution in [-0.2, 0) is 4.74 Å². The number of fused-ring (bicyclic) bond motifs is 1. The summed E-state index contributed by atoms with van der Waals surface area (Å²) in [5.74, 6) is -3.21. The van der Waals surface area contributed by atoms with Crippen LogP contribution in [0.1, 0.15) is 31.4 Å². The quantitative estimate of drug-likeness (QED) is 0.707. The molecule has 2 aromatic rings. The van der Waals surface area contributed by atoms with Gasteiger partial charge < -0.3 is 10.1 Å². The molecule has 162 valence electrons. The molecule has 0 bridgehead atoms. The summed E-state index contributed by atoms with van der Waals surface area (Å²) in [6.45, 7) is 0.339. The third-order valence-electron chi connectivity index (χ3n) is 6.93. The topological polar surface area (TPSA) is 51.2 Å². The average Bonchev–Trinajstić information content (AvgIpc) is 3.24. The number of halogens is 3. The number of rotatable bonds is 3. The van der Waals surface area contributed by atoms with Gasteiger partial charge in [-0.15, -0.1) is 0 Å². The largest absolute Gasteiger partial charge is 0.440 e. The number of alkyl carbamates (subject to hydrolysis) is 1. The highest BCUT2D eigenvalue weighted by Crippen LogP contribution is 2.56. The van der Waals surface area contributed by atoms with Gasteiger partial charge in [0.1, 0.15) is 11.4 Å². The van der Waals surface area contributed by atoms with Crippen molar-refractivity contribution in [3.63, 3.8) is 0 Å². The monoisotopic (exact) mass is 428 g/mol. The zero-order valence-electron chi connectivity index (χ0n) is 16.9. The van der Waals surface area contributed by atoms with Crippen LogP contribution in [0.5, 0.6) is 0 Å². The maximum atomic E-state index is 14.0. The zero-order valence-corrected chi connectivity index (χ0v) is 16.9. The van der Waals surface area contributed by atoms with E-state index >= 15 is 0 Å². The number of nitrogens with one attached hydrogen (secondary N) is 1. The van der Waals surface area contributed by atoms with Crippen molar-refractivity contribution in [2.24, 2.45) is 17.8 Å². The molecule has 1 amide bonds. The van der Waals surface area contributed by atoms with Gasteiger partial charge in [0, 0.05) is 30.5 Å². The van der Waals surface area contributed by atoms with Gasteiger partial charge in [-0.25, -0.2) is 18.0 Å². The zero-order chi connectivity index (χ0) is 21.6. The van der Waals surface area contributed by atoms with Crippen LogP contribution in [0.25, 0.3) is 17.2 Å². The minimum atomic E-state index is -2.65. The number of ether oxygens (including phenoxy) is 1. The molecule has 2 saturated carbocycles. The van der Waals surface area contributed by atoms with Gasteiger partial charge in [-0.05, 0) is 54.5 Å². The fourth-order valence-corrected chi connectivity index (χ4v) is 5.56. The summed E-state index contributed by atoms with van der Waals surface area (Å²) in [5, 5.41) is 2.71. The van der Waals surface area contributed by atoms with Gasteiger partial charge in [0.2, 0.25) is 5.92 Å². The molecule has 2 aliphatic carbocycles. The molecular weight excluding hydrogens is 405 g/mol. The van der Waals surface area contributed by atoms with E-state index in [4.69, 9.17) is 4.74 Å². The van der Waals surface area contributed by atoms with Crippen LogP contribution >= 0.6 is 0 Å². The molecule has 0 unspecified atom stereocenters. The van der Waals surface area contributed by atoms with Crippen molar-refractivity contribution in [1.29, 1.82) is 0 Å². The minimum absolute atomic E-state index is 0.0511. The van der Waals surface area contributed by atoms with Crippen LogP contribution in [0, 0.1) is 23.6 Å². The first-order valence-electron chi connectivity index (χ1n) is 10.6. The van der Waals surface area contributed by atoms with Gasteiger partial charge >= 0.3 is 6.09 Å². The lowest BCUT2D eigenvalue weighted by Crippen LogP contribution is -2.38. The van der Waals surface area contributed by atoms with E-state index in [1.165, 1.54) is 12.1 Å². The molecule has 4 nitrogen and oxygen atoms in total. The molecule has 3 aliphatic rings. The third kappa shape index (κ3) is 3.82. The first-order valence-corrected chi connectivity index (χ1v) is 10.6. The number of hydrogen-bond donors (Lipinski definition) is 1. The summed E-state index contributed by atoms with van der Waals surface area (Å²) in [5.41, 5.74) is 1.48. The van der Waals surface area contributed by atoms with E-state index in [0.717, 1.165) is 11.1 Å². The Balaban J connectivity index is 1.39. The van der Waals surface area contributed by atoms with Crippen molar-refractivity contribution in [1.82, 2.24) is 10.3 Å². The van der Waals surface area contributed by atoms with Gasteiger partial charge in [0.25, 0.3) is 0 Å². The maximum absolute atomic E-state index is 14.0. The van der Waals surface area contributed by atoms with E-state index in [2.05, 4.69) is 10.3 Å². The lowest BCUT2D eigenvalue weighted by molar-refractivity contribution is -0.0659. The van der Waals surface area contributed by atoms with Crippen LogP contribution in [0.3, 0.4) is 0 Å². The van der Waals surface area contributed by atoms with Crippen LogP contribution < -0.4 is 5.32 Å². The molecule has 3 fully saturated rings. The van der Waals surface area contributed by atoms with Gasteiger partial charge in [0.05, 0.1) is 12.2 Å². The van der Waals surface area contributed by atoms with E-state index in [-0.39, 0.29) is 36.4 Å². The number of benzene rings is 1. The fraction of sp³-hybridized carbons (Fsp3) is 0.417. The second kappa shape index (κ2) is 7.39. The highest BCUT2D eigenvalue weighted by atomic mass is 19.3. The molecule has 1 saturated heterocycles. The van der Waals surface area contributed by atoms with Crippen molar-refractivity contribution in [2.75, 3.05) is 6.54 Å². The van der Waals surface area contributed by atoms with Crippen molar-refractivity contribution in [3.05, 3.63) is 60.2 Å². The SMILES string of the molecule is O=C1NC[C@]2(C[C@H]3CC(F)(F)CC[C@@H]3[C@H]2/C=C/c2ccc(-c3cccc(F)c3)cn2)O1. The molecule has 1 aromatic carbocycles. The Morgan fingerprint density at radius 1 is 1.16 bits per heavy atom. The van der Waals surface area contributed by atoms with Crippen molar-refractivity contribution in [2.45, 2.75) is 37.2 Å². The number of pyridine rings is 1. The average molecular weight is 428 g/mol. The lowest BCUT2D eigenvalue weighted by Gasteiger charge is -2.34. The van der Waals surface area contributed by atoms with Crippen LogP contribution in [-0.4, -0.2) is 29.1 Å². The molecule has 5 rings (SSSR count). The number of carbonyl (C=O) groups excluding carboxylic acids is 1. The minimum Gasteiger partial charge on any atom is -0.440 e. The Morgan fingerprint density at radius 3 is 2.74 bits per heavy atom. The summed E-state index contributed by atoms with van der Waals surface area (Å²) in [4.78, 5) is 16.3. The van der Waals surface area contributed by atoms with Crippen LogP contribution in [0.4, 0.5) is 18.0 Å². The highest BCUT2D eigenvalue weighted by Gasteiger charge is 2.60. The van der Waals surface area contributed by atoms with E-state index in [1.54, 1.807) is 12.3 Å². The predicted molar refractivity (Wildman–Crippen MR) is 110 cm³/mol. The highest BCUT2D eigenvalue weighted by molar-refractivity contribution is 5.70. The molecule has 1 aromatic heterocycles. The number of aromatic nitrogens is 1. The second-order valence-electron chi connectivity index (χ2n) is 8.90. The Morgan fingerprint density at radius 2 is 2.03 bits per heavy atom. The predicted octanol–water partition coefficient (Wildman–Crippen LogP) is 5.45. The number of carbonyl (C=O) groups is 1. The van der Waals surface area contributed by atoms with E-state index in [9.17, 15) is 18.0 Å². The molecule has 7 heteroatoms. The molecular formula is C24H23F3N2O2. The maximum Gasteiger partial charge on any atom is 0.407 e. The van der Waals surface area contributed by atoms with Crippen LogP contribution in [0.15, 0.2) is 48.7 Å². The van der Waals surface area contributed by atoms with E-state index in [0.29, 0.717) is 25.1 Å². The van der Waals surface area contributed by atoms with Gasteiger partial charge in [-0.3, -0.25) is 4.98 Å². The second-order valence-corrected chi connectivity index (χ2v) is 8.90. The van der Waals surface area contributed by atoms with Crippen molar-refractivity contribution >= 4 is 12.2 Å². The molecule has 0 radical (unpaired) electrons. The molecule has 1 N–H and O–H groups in total. The standard InChI is InChI=1S/C24H23F3N2O2/c25-18-3-1-2-15(10-18)16-4-5-19(28-13-16)6-7-21-20-8-9-24(26,27)12-17(20)11-23(21)14-29-22(30)31-23/h1-7,10,13,17,20-21H,8-9,11-12,14H2,(H,29,30)/b7-6+/t17-,20-,21+,23-/m0/s1. The Kier molecular flexibility index (Phi) is 4.79. The summed E-state index contributed by atoms with van der Waals surface area (Å²) >= 11 is 0.